The predicted octanol–water partition coefficient (Wildman–Crippen LogP) is 1.30. The van der Waals surface area contributed by atoms with Crippen molar-refractivity contribution in [2.75, 3.05) is 0 Å². The summed E-state index contributed by atoms with van der Waals surface area (Å²) in [4.78, 5) is 14.5. The number of fused-ring (bicyclic) bond motifs is 1. The third-order valence-electron chi connectivity index (χ3n) is 1.48. The van der Waals surface area contributed by atoms with E-state index in [4.69, 9.17) is 0 Å². The van der Waals surface area contributed by atoms with Gasteiger partial charge in [-0.2, -0.15) is 0 Å². The first-order chi connectivity index (χ1) is 5.75. The van der Waals surface area contributed by atoms with E-state index in [9.17, 15) is 9.18 Å². The molecular weight excluding hydrogens is 159 g/mol. The molecular formula is C8H4FN2O. The maximum atomic E-state index is 12.6. The number of carbonyl (C=O) groups is 1. The molecule has 3 nitrogen and oxygen atoms in total. The van der Waals surface area contributed by atoms with Gasteiger partial charge in [-0.1, -0.05) is 0 Å². The van der Waals surface area contributed by atoms with Gasteiger partial charge in [0.05, 0.1) is 17.6 Å². The molecule has 1 aromatic rings. The Balaban J connectivity index is 2.54. The molecule has 1 aliphatic heterocycles. The van der Waals surface area contributed by atoms with Crippen LogP contribution < -0.4 is 5.32 Å². The van der Waals surface area contributed by atoms with Crippen molar-refractivity contribution >= 4 is 23.5 Å². The molecule has 0 saturated heterocycles. The number of aliphatic imine (C=N–C) groups is 1. The molecule has 0 bridgehead atoms. The standard InChI is InChI=1S/C8H4FN2O/c9-5-1-2-6-7(3-5)11-8(12)4-10-6/h1-4H. The molecule has 1 aliphatic rings. The van der Waals surface area contributed by atoms with Crippen LogP contribution in [0.15, 0.2) is 23.2 Å². The first-order valence-electron chi connectivity index (χ1n) is 3.35. The molecule has 0 fully saturated rings. The first-order valence-corrected chi connectivity index (χ1v) is 3.35. The van der Waals surface area contributed by atoms with Gasteiger partial charge in [-0.25, -0.2) is 14.7 Å². The highest BCUT2D eigenvalue weighted by atomic mass is 19.1. The maximum absolute atomic E-state index is 12.6. The number of halogens is 1. The second-order valence-corrected chi connectivity index (χ2v) is 2.34. The zero-order chi connectivity index (χ0) is 8.55. The minimum absolute atomic E-state index is 0.294. The van der Waals surface area contributed by atoms with Gasteiger partial charge < -0.3 is 0 Å². The minimum Gasteiger partial charge on any atom is -0.266 e. The first kappa shape index (κ1) is 6.97. The van der Waals surface area contributed by atoms with Crippen LogP contribution in [0.2, 0.25) is 0 Å². The summed E-state index contributed by atoms with van der Waals surface area (Å²) in [5, 5.41) is 3.58. The Kier molecular flexibility index (Phi) is 1.40. The lowest BCUT2D eigenvalue weighted by atomic mass is 10.2. The van der Waals surface area contributed by atoms with Crippen molar-refractivity contribution in [3.05, 3.63) is 24.0 Å². The lowest BCUT2D eigenvalue weighted by Crippen LogP contribution is -2.14. The van der Waals surface area contributed by atoms with Crippen molar-refractivity contribution in [2.24, 2.45) is 4.99 Å². The van der Waals surface area contributed by atoms with Crippen LogP contribution in [-0.2, 0) is 4.79 Å². The van der Waals surface area contributed by atoms with Crippen molar-refractivity contribution in [3.63, 3.8) is 0 Å². The molecule has 0 aromatic heterocycles. The van der Waals surface area contributed by atoms with E-state index in [2.05, 4.69) is 10.3 Å². The molecule has 0 N–H and O–H groups in total. The molecule has 1 amide bonds. The van der Waals surface area contributed by atoms with Gasteiger partial charge in [0.15, 0.2) is 0 Å². The summed E-state index contributed by atoms with van der Waals surface area (Å²) in [6, 6.07) is 3.95. The smallest absolute Gasteiger partial charge is 0.266 e. The second-order valence-electron chi connectivity index (χ2n) is 2.34. The zero-order valence-corrected chi connectivity index (χ0v) is 5.99. The van der Waals surface area contributed by atoms with Crippen LogP contribution in [0.4, 0.5) is 15.8 Å². The van der Waals surface area contributed by atoms with Crippen molar-refractivity contribution < 1.29 is 9.18 Å². The Bertz CT molecular complexity index is 373. The van der Waals surface area contributed by atoms with E-state index in [0.29, 0.717) is 11.4 Å². The Morgan fingerprint density at radius 2 is 2.08 bits per heavy atom. The quantitative estimate of drug-likeness (QED) is 0.568. The van der Waals surface area contributed by atoms with Crippen molar-refractivity contribution in [2.45, 2.75) is 0 Å². The molecule has 0 aliphatic carbocycles. The summed E-state index contributed by atoms with van der Waals surface area (Å²) in [5.74, 6) is -0.865. The van der Waals surface area contributed by atoms with Crippen LogP contribution >= 0.6 is 0 Å². The van der Waals surface area contributed by atoms with Gasteiger partial charge in [0.2, 0.25) is 0 Å². The van der Waals surface area contributed by atoms with Crippen molar-refractivity contribution in [1.29, 1.82) is 0 Å². The van der Waals surface area contributed by atoms with Crippen molar-refractivity contribution in [1.82, 2.24) is 5.32 Å². The molecule has 0 atom stereocenters. The van der Waals surface area contributed by atoms with E-state index in [1.807, 2.05) is 0 Å². The molecule has 12 heavy (non-hydrogen) atoms. The van der Waals surface area contributed by atoms with Crippen LogP contribution in [0.3, 0.4) is 0 Å². The minimum atomic E-state index is -0.451. The number of hydrogen-bond acceptors (Lipinski definition) is 2. The van der Waals surface area contributed by atoms with Gasteiger partial charge >= 0.3 is 0 Å². The number of rotatable bonds is 0. The lowest BCUT2D eigenvalue weighted by molar-refractivity contribution is -0.113. The molecule has 2 rings (SSSR count). The summed E-state index contributed by atoms with van der Waals surface area (Å²) in [6.45, 7) is 0. The molecule has 59 valence electrons. The average Bonchev–Trinajstić information content (AvgIpc) is 2.03. The Morgan fingerprint density at radius 1 is 1.25 bits per heavy atom. The summed E-state index contributed by atoms with van der Waals surface area (Å²) in [5.41, 5.74) is 0.818. The van der Waals surface area contributed by atoms with Crippen LogP contribution in [0, 0.1) is 5.82 Å². The molecule has 0 saturated carbocycles. The van der Waals surface area contributed by atoms with Gasteiger partial charge in [0.25, 0.3) is 5.91 Å². The number of nitrogens with zero attached hydrogens (tertiary/aromatic N) is 2. The summed E-state index contributed by atoms with van der Waals surface area (Å²) >= 11 is 0. The van der Waals surface area contributed by atoms with Gasteiger partial charge in [-0.05, 0) is 12.1 Å². The molecule has 1 aromatic carbocycles. The van der Waals surface area contributed by atoms with Crippen LogP contribution in [0.5, 0.6) is 0 Å². The normalized spacial score (nSPS) is 13.9. The number of hydrogen-bond donors (Lipinski definition) is 0. The van der Waals surface area contributed by atoms with Gasteiger partial charge in [-0.3, -0.25) is 4.79 Å². The molecule has 1 radical (unpaired) electrons. The Hall–Kier alpha value is -1.71. The van der Waals surface area contributed by atoms with E-state index in [0.717, 1.165) is 6.21 Å². The molecule has 0 spiro atoms. The third-order valence-corrected chi connectivity index (χ3v) is 1.48. The maximum Gasteiger partial charge on any atom is 0.288 e. The largest absolute Gasteiger partial charge is 0.288 e. The van der Waals surface area contributed by atoms with E-state index in [-0.39, 0.29) is 0 Å². The third kappa shape index (κ3) is 1.07. The topological polar surface area (TPSA) is 43.5 Å². The zero-order valence-electron chi connectivity index (χ0n) is 5.99. The molecule has 4 heteroatoms. The monoisotopic (exact) mass is 163 g/mol. The van der Waals surface area contributed by atoms with E-state index in [1.54, 1.807) is 0 Å². The fraction of sp³-hybridized carbons (Fsp3) is 0. The van der Waals surface area contributed by atoms with Gasteiger partial charge in [0, 0.05) is 6.07 Å². The molecule has 1 heterocycles. The average molecular weight is 163 g/mol. The number of benzene rings is 1. The fourth-order valence-corrected chi connectivity index (χ4v) is 0.968. The van der Waals surface area contributed by atoms with E-state index < -0.39 is 11.7 Å². The van der Waals surface area contributed by atoms with Crippen LogP contribution in [0.25, 0.3) is 0 Å². The van der Waals surface area contributed by atoms with Crippen LogP contribution in [0.1, 0.15) is 0 Å². The lowest BCUT2D eigenvalue weighted by Gasteiger charge is -2.06. The summed E-state index contributed by atoms with van der Waals surface area (Å²) in [6.07, 6.45) is 1.11. The highest BCUT2D eigenvalue weighted by Crippen LogP contribution is 2.27. The number of carbonyl (C=O) groups excluding carboxylic acids is 1. The summed E-state index contributed by atoms with van der Waals surface area (Å²) < 4.78 is 12.6. The predicted molar refractivity (Wildman–Crippen MR) is 41.4 cm³/mol. The Morgan fingerprint density at radius 3 is 2.92 bits per heavy atom. The highest BCUT2D eigenvalue weighted by Gasteiger charge is 2.12. The van der Waals surface area contributed by atoms with Gasteiger partial charge in [0.1, 0.15) is 5.82 Å². The highest BCUT2D eigenvalue weighted by molar-refractivity contribution is 6.29. The molecule has 0 unspecified atom stereocenters. The Labute approximate surface area is 67.9 Å². The number of amides is 1. The van der Waals surface area contributed by atoms with Crippen LogP contribution in [-0.4, -0.2) is 12.1 Å². The van der Waals surface area contributed by atoms with E-state index >= 15 is 0 Å². The van der Waals surface area contributed by atoms with Crippen molar-refractivity contribution in [3.8, 4) is 0 Å². The summed E-state index contributed by atoms with van der Waals surface area (Å²) in [7, 11) is 0. The fourth-order valence-electron chi connectivity index (χ4n) is 0.968. The van der Waals surface area contributed by atoms with E-state index in [1.165, 1.54) is 18.2 Å². The SMILES string of the molecule is O=C1C=Nc2ccc(F)cc2[N]1. The second kappa shape index (κ2) is 2.41. The van der Waals surface area contributed by atoms with Gasteiger partial charge in [-0.15, -0.1) is 0 Å².